The third-order valence-corrected chi connectivity index (χ3v) is 5.75. The van der Waals surface area contributed by atoms with Gasteiger partial charge in [-0.25, -0.2) is 4.98 Å². The molecule has 0 spiro atoms. The van der Waals surface area contributed by atoms with Gasteiger partial charge in [0.25, 0.3) is 5.91 Å². The van der Waals surface area contributed by atoms with Crippen LogP contribution in [0.15, 0.2) is 41.8 Å². The molecule has 1 saturated heterocycles. The Bertz CT molecular complexity index is 715. The smallest absolute Gasteiger partial charge is 0.251 e. The predicted octanol–water partition coefficient (Wildman–Crippen LogP) is 2.93. The summed E-state index contributed by atoms with van der Waals surface area (Å²) in [5.41, 5.74) is 1.88. The number of amides is 1. The molecule has 134 valence electrons. The second-order valence-electron chi connectivity index (χ2n) is 6.52. The van der Waals surface area contributed by atoms with Gasteiger partial charge in [0.15, 0.2) is 5.16 Å². The highest BCUT2D eigenvalue weighted by Crippen LogP contribution is 2.21. The summed E-state index contributed by atoms with van der Waals surface area (Å²) >= 11 is 1.68. The number of rotatable bonds is 6. The minimum absolute atomic E-state index is 0.0341. The third-order valence-electron chi connectivity index (χ3n) is 4.62. The van der Waals surface area contributed by atoms with Crippen molar-refractivity contribution in [1.29, 1.82) is 0 Å². The van der Waals surface area contributed by atoms with Crippen molar-refractivity contribution in [2.24, 2.45) is 7.05 Å². The van der Waals surface area contributed by atoms with E-state index in [1.54, 1.807) is 18.0 Å². The van der Waals surface area contributed by atoms with Gasteiger partial charge in [-0.3, -0.25) is 4.79 Å². The highest BCUT2D eigenvalue weighted by Gasteiger charge is 2.20. The summed E-state index contributed by atoms with van der Waals surface area (Å²) in [5, 5.41) is 4.18. The van der Waals surface area contributed by atoms with Crippen molar-refractivity contribution in [2.75, 3.05) is 19.6 Å². The van der Waals surface area contributed by atoms with Crippen LogP contribution in [-0.4, -0.2) is 46.0 Å². The van der Waals surface area contributed by atoms with Crippen LogP contribution in [0.25, 0.3) is 0 Å². The molecule has 25 heavy (non-hydrogen) atoms. The highest BCUT2D eigenvalue weighted by molar-refractivity contribution is 7.98. The SMILES string of the molecule is CCN1CCCC(NC(=O)c2cccc(CSc3nccn3C)c2)C1. The molecule has 2 aromatic rings. The lowest BCUT2D eigenvalue weighted by atomic mass is 10.0. The molecular weight excluding hydrogens is 332 g/mol. The molecule has 1 aromatic carbocycles. The van der Waals surface area contributed by atoms with Crippen LogP contribution < -0.4 is 5.32 Å². The lowest BCUT2D eigenvalue weighted by Crippen LogP contribution is -2.47. The number of aromatic nitrogens is 2. The van der Waals surface area contributed by atoms with Gasteiger partial charge in [0.1, 0.15) is 0 Å². The van der Waals surface area contributed by atoms with Crippen LogP contribution in [0.1, 0.15) is 35.7 Å². The largest absolute Gasteiger partial charge is 0.348 e. The van der Waals surface area contributed by atoms with E-state index in [2.05, 4.69) is 28.2 Å². The van der Waals surface area contributed by atoms with E-state index >= 15 is 0 Å². The molecule has 3 rings (SSSR count). The van der Waals surface area contributed by atoms with Gasteiger partial charge in [0, 0.05) is 43.3 Å². The van der Waals surface area contributed by atoms with Crippen LogP contribution in [0, 0.1) is 0 Å². The summed E-state index contributed by atoms with van der Waals surface area (Å²) < 4.78 is 2.00. The first-order valence-corrected chi connectivity index (χ1v) is 9.86. The topological polar surface area (TPSA) is 50.2 Å². The number of likely N-dealkylation sites (N-methyl/N-ethyl adjacent to an activating group) is 1. The van der Waals surface area contributed by atoms with Gasteiger partial charge in [-0.2, -0.15) is 0 Å². The summed E-state index contributed by atoms with van der Waals surface area (Å²) in [6, 6.07) is 8.16. The lowest BCUT2D eigenvalue weighted by molar-refractivity contribution is 0.0905. The monoisotopic (exact) mass is 358 g/mol. The number of carbonyl (C=O) groups excluding carboxylic acids is 1. The Morgan fingerprint density at radius 2 is 2.32 bits per heavy atom. The van der Waals surface area contributed by atoms with Crippen LogP contribution in [-0.2, 0) is 12.8 Å². The van der Waals surface area contributed by atoms with Crippen molar-refractivity contribution in [3.05, 3.63) is 47.8 Å². The van der Waals surface area contributed by atoms with Crippen LogP contribution in [0.3, 0.4) is 0 Å². The molecule has 6 heteroatoms. The average Bonchev–Trinajstić information content (AvgIpc) is 3.05. The highest BCUT2D eigenvalue weighted by atomic mass is 32.2. The van der Waals surface area contributed by atoms with E-state index in [0.717, 1.165) is 54.5 Å². The fraction of sp³-hybridized carbons (Fsp3) is 0.474. The van der Waals surface area contributed by atoms with E-state index in [1.807, 2.05) is 36.0 Å². The number of hydrogen-bond donors (Lipinski definition) is 1. The fourth-order valence-electron chi connectivity index (χ4n) is 3.17. The van der Waals surface area contributed by atoms with E-state index in [1.165, 1.54) is 0 Å². The molecule has 1 aromatic heterocycles. The first-order valence-electron chi connectivity index (χ1n) is 8.88. The molecule has 0 aliphatic carbocycles. The maximum absolute atomic E-state index is 12.6. The molecule has 1 amide bonds. The van der Waals surface area contributed by atoms with E-state index < -0.39 is 0 Å². The van der Waals surface area contributed by atoms with E-state index in [9.17, 15) is 4.79 Å². The molecule has 0 bridgehead atoms. The molecule has 5 nitrogen and oxygen atoms in total. The lowest BCUT2D eigenvalue weighted by Gasteiger charge is -2.32. The maximum Gasteiger partial charge on any atom is 0.251 e. The van der Waals surface area contributed by atoms with Crippen molar-refractivity contribution in [1.82, 2.24) is 19.8 Å². The molecule has 1 fully saturated rings. The minimum atomic E-state index is 0.0341. The van der Waals surface area contributed by atoms with Crippen molar-refractivity contribution < 1.29 is 4.79 Å². The molecule has 1 N–H and O–H groups in total. The van der Waals surface area contributed by atoms with Crippen LogP contribution in [0.4, 0.5) is 0 Å². The summed E-state index contributed by atoms with van der Waals surface area (Å²) in [7, 11) is 1.99. The number of piperidine rings is 1. The molecule has 0 radical (unpaired) electrons. The maximum atomic E-state index is 12.6. The number of nitrogens with one attached hydrogen (secondary N) is 1. The summed E-state index contributed by atoms with van der Waals surface area (Å²) in [6.07, 6.45) is 5.96. The number of hydrogen-bond acceptors (Lipinski definition) is 4. The predicted molar refractivity (Wildman–Crippen MR) is 102 cm³/mol. The number of imidazole rings is 1. The van der Waals surface area contributed by atoms with Crippen LogP contribution in [0.5, 0.6) is 0 Å². The molecule has 0 saturated carbocycles. The average molecular weight is 359 g/mol. The van der Waals surface area contributed by atoms with E-state index in [4.69, 9.17) is 0 Å². The van der Waals surface area contributed by atoms with Gasteiger partial charge in [0.05, 0.1) is 0 Å². The van der Waals surface area contributed by atoms with Crippen molar-refractivity contribution in [2.45, 2.75) is 36.7 Å². The Morgan fingerprint density at radius 3 is 3.08 bits per heavy atom. The molecular formula is C19H26N4OS. The molecule has 2 heterocycles. The first-order chi connectivity index (χ1) is 12.2. The normalized spacial score (nSPS) is 18.2. The Morgan fingerprint density at radius 1 is 1.44 bits per heavy atom. The molecule has 1 aliphatic heterocycles. The Kier molecular flexibility index (Phi) is 6.15. The van der Waals surface area contributed by atoms with Crippen molar-refractivity contribution >= 4 is 17.7 Å². The number of nitrogens with zero attached hydrogens (tertiary/aromatic N) is 3. The van der Waals surface area contributed by atoms with E-state index in [-0.39, 0.29) is 11.9 Å². The van der Waals surface area contributed by atoms with Gasteiger partial charge in [0.2, 0.25) is 0 Å². The Balaban J connectivity index is 1.58. The third kappa shape index (κ3) is 4.86. The summed E-state index contributed by atoms with van der Waals surface area (Å²) in [4.78, 5) is 19.3. The zero-order valence-corrected chi connectivity index (χ0v) is 15.8. The Hall–Kier alpha value is -1.79. The summed E-state index contributed by atoms with van der Waals surface area (Å²) in [5.74, 6) is 0.839. The zero-order chi connectivity index (χ0) is 17.6. The molecule has 1 atom stereocenters. The van der Waals surface area contributed by atoms with Gasteiger partial charge >= 0.3 is 0 Å². The van der Waals surface area contributed by atoms with Crippen molar-refractivity contribution in [3.8, 4) is 0 Å². The quantitative estimate of drug-likeness (QED) is 0.807. The van der Waals surface area contributed by atoms with E-state index in [0.29, 0.717) is 0 Å². The number of thioether (sulfide) groups is 1. The zero-order valence-electron chi connectivity index (χ0n) is 14.9. The second-order valence-corrected chi connectivity index (χ2v) is 7.46. The standard InChI is InChI=1S/C19H26N4OS/c1-3-23-10-5-8-17(13-23)21-18(24)16-7-4-6-15(12-16)14-25-19-20-9-11-22(19)2/h4,6-7,9,11-12,17H,3,5,8,10,13-14H2,1-2H3,(H,21,24). The number of likely N-dealkylation sites (tertiary alicyclic amines) is 1. The van der Waals surface area contributed by atoms with Gasteiger partial charge < -0.3 is 14.8 Å². The van der Waals surface area contributed by atoms with Crippen molar-refractivity contribution in [3.63, 3.8) is 0 Å². The molecule has 1 aliphatic rings. The fourth-order valence-corrected chi connectivity index (χ4v) is 4.05. The number of carbonyl (C=O) groups is 1. The van der Waals surface area contributed by atoms with Gasteiger partial charge in [-0.05, 0) is 43.6 Å². The number of aryl methyl sites for hydroxylation is 1. The molecule has 1 unspecified atom stereocenters. The number of benzene rings is 1. The van der Waals surface area contributed by atoms with Gasteiger partial charge in [-0.1, -0.05) is 30.8 Å². The second kappa shape index (κ2) is 8.54. The first kappa shape index (κ1) is 18.0. The van der Waals surface area contributed by atoms with Crippen LogP contribution in [0.2, 0.25) is 0 Å². The minimum Gasteiger partial charge on any atom is -0.348 e. The summed E-state index contributed by atoms with van der Waals surface area (Å²) in [6.45, 7) is 5.32. The van der Waals surface area contributed by atoms with Crippen LogP contribution >= 0.6 is 11.8 Å². The Labute approximate surface area is 153 Å². The van der Waals surface area contributed by atoms with Gasteiger partial charge in [-0.15, -0.1) is 0 Å².